The molecule has 2 fully saturated rings. The van der Waals surface area contributed by atoms with E-state index in [1.807, 2.05) is 0 Å². The van der Waals surface area contributed by atoms with Crippen LogP contribution >= 0.6 is 11.3 Å². The van der Waals surface area contributed by atoms with Gasteiger partial charge in [-0.05, 0) is 31.6 Å². The summed E-state index contributed by atoms with van der Waals surface area (Å²) < 4.78 is 0. The highest BCUT2D eigenvalue weighted by Gasteiger charge is 2.31. The zero-order chi connectivity index (χ0) is 12.5. The monoisotopic (exact) mass is 261 g/mol. The molecule has 1 unspecified atom stereocenters. The van der Waals surface area contributed by atoms with E-state index in [0.29, 0.717) is 12.3 Å². The molecule has 18 heavy (non-hydrogen) atoms. The van der Waals surface area contributed by atoms with Gasteiger partial charge in [-0.15, -0.1) is 11.3 Å². The summed E-state index contributed by atoms with van der Waals surface area (Å²) in [4.78, 5) is 8.48. The first-order chi connectivity index (χ1) is 8.78. The van der Waals surface area contributed by atoms with Gasteiger partial charge in [0, 0.05) is 23.9 Å². The van der Waals surface area contributed by atoms with Crippen molar-refractivity contribution in [3.63, 3.8) is 0 Å². The molecule has 3 nitrogen and oxygen atoms in total. The van der Waals surface area contributed by atoms with Gasteiger partial charge in [-0.1, -0.05) is 6.92 Å². The number of anilines is 1. The fourth-order valence-electron chi connectivity index (χ4n) is 2.72. The van der Waals surface area contributed by atoms with Crippen LogP contribution < -0.4 is 4.90 Å². The van der Waals surface area contributed by atoms with E-state index >= 15 is 0 Å². The van der Waals surface area contributed by atoms with E-state index in [0.717, 1.165) is 24.1 Å². The van der Waals surface area contributed by atoms with Crippen LogP contribution in [0.2, 0.25) is 0 Å². The van der Waals surface area contributed by atoms with Crippen molar-refractivity contribution in [1.29, 1.82) is 5.26 Å². The molecule has 1 aliphatic carbocycles. The molecular formula is C14H19N3S. The first-order valence-electron chi connectivity index (χ1n) is 6.89. The Morgan fingerprint density at radius 3 is 2.94 bits per heavy atom. The quantitative estimate of drug-likeness (QED) is 0.838. The number of nitriles is 1. The molecule has 0 radical (unpaired) electrons. The van der Waals surface area contributed by atoms with E-state index in [-0.39, 0.29) is 0 Å². The van der Waals surface area contributed by atoms with Gasteiger partial charge in [-0.2, -0.15) is 5.26 Å². The molecule has 1 aromatic heterocycles. The minimum Gasteiger partial charge on any atom is -0.348 e. The predicted octanol–water partition coefficient (Wildman–Crippen LogP) is 3.32. The normalized spacial score (nSPS) is 24.0. The van der Waals surface area contributed by atoms with Crippen LogP contribution in [0.3, 0.4) is 0 Å². The average Bonchev–Trinajstić information content (AvgIpc) is 3.12. The predicted molar refractivity (Wildman–Crippen MR) is 74.0 cm³/mol. The fraction of sp³-hybridized carbons (Fsp3) is 0.714. The van der Waals surface area contributed by atoms with E-state index < -0.39 is 0 Å². The zero-order valence-electron chi connectivity index (χ0n) is 10.9. The SMILES string of the molecule is CC1CCCN(c2nc(C3CC3)c(CC#N)s2)C1. The lowest BCUT2D eigenvalue weighted by molar-refractivity contribution is 0.446. The van der Waals surface area contributed by atoms with Crippen LogP contribution in [0.5, 0.6) is 0 Å². The molecule has 96 valence electrons. The highest BCUT2D eigenvalue weighted by atomic mass is 32.1. The number of piperidine rings is 1. The van der Waals surface area contributed by atoms with Gasteiger partial charge in [0.15, 0.2) is 5.13 Å². The zero-order valence-corrected chi connectivity index (χ0v) is 11.7. The Labute approximate surface area is 112 Å². The molecule has 1 aromatic rings. The van der Waals surface area contributed by atoms with Crippen molar-refractivity contribution in [1.82, 2.24) is 4.98 Å². The second-order valence-corrected chi connectivity index (χ2v) is 6.67. The van der Waals surface area contributed by atoms with E-state index in [1.54, 1.807) is 11.3 Å². The van der Waals surface area contributed by atoms with Crippen LogP contribution in [0.4, 0.5) is 5.13 Å². The molecule has 1 aliphatic heterocycles. The summed E-state index contributed by atoms with van der Waals surface area (Å²) in [6.07, 6.45) is 5.67. The van der Waals surface area contributed by atoms with Crippen LogP contribution in [0.1, 0.15) is 49.1 Å². The van der Waals surface area contributed by atoms with Gasteiger partial charge in [-0.3, -0.25) is 0 Å². The molecule has 4 heteroatoms. The third-order valence-corrected chi connectivity index (χ3v) is 4.98. The second kappa shape index (κ2) is 4.89. The highest BCUT2D eigenvalue weighted by Crippen LogP contribution is 2.44. The van der Waals surface area contributed by atoms with Gasteiger partial charge in [0.2, 0.25) is 0 Å². The van der Waals surface area contributed by atoms with Crippen molar-refractivity contribution in [2.24, 2.45) is 5.92 Å². The summed E-state index contributed by atoms with van der Waals surface area (Å²) in [6.45, 7) is 4.58. The largest absolute Gasteiger partial charge is 0.348 e. The first-order valence-corrected chi connectivity index (χ1v) is 7.71. The molecule has 2 aliphatic rings. The Morgan fingerprint density at radius 2 is 2.28 bits per heavy atom. The van der Waals surface area contributed by atoms with Crippen LogP contribution in [-0.4, -0.2) is 18.1 Å². The summed E-state index contributed by atoms with van der Waals surface area (Å²) in [5.74, 6) is 1.42. The summed E-state index contributed by atoms with van der Waals surface area (Å²) >= 11 is 1.75. The lowest BCUT2D eigenvalue weighted by atomic mass is 10.0. The van der Waals surface area contributed by atoms with Crippen molar-refractivity contribution in [3.05, 3.63) is 10.6 Å². The molecule has 0 aromatic carbocycles. The number of nitrogens with zero attached hydrogens (tertiary/aromatic N) is 3. The van der Waals surface area contributed by atoms with Gasteiger partial charge in [0.25, 0.3) is 0 Å². The molecule has 0 bridgehead atoms. The third kappa shape index (κ3) is 2.37. The third-order valence-electron chi connectivity index (χ3n) is 3.85. The van der Waals surface area contributed by atoms with Crippen molar-refractivity contribution < 1.29 is 0 Å². The Hall–Kier alpha value is -1.08. The van der Waals surface area contributed by atoms with Gasteiger partial charge >= 0.3 is 0 Å². The average molecular weight is 261 g/mol. The Kier molecular flexibility index (Phi) is 3.25. The van der Waals surface area contributed by atoms with Crippen LogP contribution in [-0.2, 0) is 6.42 Å². The van der Waals surface area contributed by atoms with Crippen molar-refractivity contribution in [2.75, 3.05) is 18.0 Å². The van der Waals surface area contributed by atoms with Gasteiger partial charge in [0.05, 0.1) is 18.2 Å². The molecule has 1 atom stereocenters. The maximum Gasteiger partial charge on any atom is 0.185 e. The van der Waals surface area contributed by atoms with Gasteiger partial charge in [-0.25, -0.2) is 4.98 Å². The van der Waals surface area contributed by atoms with Gasteiger partial charge in [0.1, 0.15) is 0 Å². The smallest absolute Gasteiger partial charge is 0.185 e. The summed E-state index contributed by atoms with van der Waals surface area (Å²) in [6, 6.07) is 2.28. The number of hydrogen-bond donors (Lipinski definition) is 0. The number of hydrogen-bond acceptors (Lipinski definition) is 4. The fourth-order valence-corrected chi connectivity index (χ4v) is 3.84. The van der Waals surface area contributed by atoms with Crippen LogP contribution in [0, 0.1) is 17.2 Å². The molecule has 0 amide bonds. The van der Waals surface area contributed by atoms with E-state index in [4.69, 9.17) is 10.2 Å². The Bertz CT molecular complexity index is 470. The van der Waals surface area contributed by atoms with Crippen molar-refractivity contribution in [2.45, 2.75) is 44.9 Å². The standard InChI is InChI=1S/C14H19N3S/c1-10-3-2-8-17(9-10)14-16-13(11-4-5-11)12(18-14)6-7-15/h10-11H,2-6,8-9H2,1H3. The number of aromatic nitrogens is 1. The second-order valence-electron chi connectivity index (χ2n) is 5.61. The lowest BCUT2D eigenvalue weighted by Gasteiger charge is -2.30. The molecule has 1 saturated carbocycles. The molecule has 3 rings (SSSR count). The first kappa shape index (κ1) is 12.0. The maximum absolute atomic E-state index is 8.92. The minimum absolute atomic E-state index is 0.535. The number of thiazole rings is 1. The Morgan fingerprint density at radius 1 is 1.44 bits per heavy atom. The summed E-state index contributed by atoms with van der Waals surface area (Å²) in [7, 11) is 0. The molecule has 1 saturated heterocycles. The lowest BCUT2D eigenvalue weighted by Crippen LogP contribution is -2.34. The highest BCUT2D eigenvalue weighted by molar-refractivity contribution is 7.15. The molecule has 2 heterocycles. The van der Waals surface area contributed by atoms with E-state index in [9.17, 15) is 0 Å². The van der Waals surface area contributed by atoms with Crippen LogP contribution in [0.25, 0.3) is 0 Å². The number of rotatable bonds is 3. The van der Waals surface area contributed by atoms with E-state index in [2.05, 4.69) is 17.9 Å². The Balaban J connectivity index is 1.83. The van der Waals surface area contributed by atoms with Crippen molar-refractivity contribution >= 4 is 16.5 Å². The van der Waals surface area contributed by atoms with Crippen LogP contribution in [0.15, 0.2) is 0 Å². The van der Waals surface area contributed by atoms with Gasteiger partial charge < -0.3 is 4.90 Å². The molecule has 0 spiro atoms. The summed E-state index contributed by atoms with van der Waals surface area (Å²) in [5.41, 5.74) is 1.23. The minimum atomic E-state index is 0.535. The molecule has 0 N–H and O–H groups in total. The van der Waals surface area contributed by atoms with Crippen molar-refractivity contribution in [3.8, 4) is 6.07 Å². The van der Waals surface area contributed by atoms with E-state index in [1.165, 1.54) is 36.3 Å². The topological polar surface area (TPSA) is 39.9 Å². The molecular weight excluding hydrogens is 242 g/mol. The summed E-state index contributed by atoms with van der Waals surface area (Å²) in [5, 5.41) is 10.1. The maximum atomic E-state index is 8.92.